The molecule has 0 fully saturated rings. The Hall–Kier alpha value is 0.270. The molecule has 0 aliphatic carbocycles. The molecule has 0 rings (SSSR count). The highest BCUT2D eigenvalue weighted by Crippen LogP contribution is 2.21. The van der Waals surface area contributed by atoms with Crippen LogP contribution < -0.4 is 10.5 Å². The van der Waals surface area contributed by atoms with E-state index in [1.807, 2.05) is 11.9 Å². The molecule has 3 N–H and O–H groups in total. The van der Waals surface area contributed by atoms with Crippen LogP contribution in [0.5, 0.6) is 0 Å². The molecule has 0 radical (unpaired) electrons. The lowest BCUT2D eigenvalue weighted by molar-refractivity contribution is 0.436. The normalized spacial score (nSPS) is 16.4. The first-order valence-corrected chi connectivity index (χ1v) is 6.84. The lowest BCUT2D eigenvalue weighted by atomic mass is 9.98. The maximum absolute atomic E-state index is 5.69. The van der Waals surface area contributed by atoms with Crippen LogP contribution in [0, 0.1) is 5.92 Å². The zero-order valence-electron chi connectivity index (χ0n) is 11.0. The number of nitrogens with one attached hydrogen (secondary N) is 1. The van der Waals surface area contributed by atoms with Crippen LogP contribution in [0.4, 0.5) is 0 Å². The molecule has 92 valence electrons. The van der Waals surface area contributed by atoms with Crippen LogP contribution in [0.1, 0.15) is 53.9 Å². The van der Waals surface area contributed by atoms with Gasteiger partial charge >= 0.3 is 0 Å². The summed E-state index contributed by atoms with van der Waals surface area (Å²) in [6.07, 6.45) is 3.67. The highest BCUT2D eigenvalue weighted by molar-refractivity contribution is 7.98. The molecule has 0 aromatic heterocycles. The van der Waals surface area contributed by atoms with Crippen LogP contribution in [0.15, 0.2) is 0 Å². The Labute approximate surface area is 99.9 Å². The third kappa shape index (κ3) is 9.21. The van der Waals surface area contributed by atoms with E-state index in [1.54, 1.807) is 0 Å². The highest BCUT2D eigenvalue weighted by Gasteiger charge is 2.13. The molecule has 0 saturated heterocycles. The fourth-order valence-electron chi connectivity index (χ4n) is 1.31. The molecule has 0 bridgehead atoms. The quantitative estimate of drug-likeness (QED) is 0.662. The van der Waals surface area contributed by atoms with Crippen LogP contribution in [0.2, 0.25) is 0 Å². The van der Waals surface area contributed by atoms with Gasteiger partial charge in [0.1, 0.15) is 0 Å². The molecule has 0 aliphatic heterocycles. The van der Waals surface area contributed by atoms with Crippen molar-refractivity contribution in [3.8, 4) is 0 Å². The Morgan fingerprint density at radius 1 is 1.27 bits per heavy atom. The monoisotopic (exact) mass is 232 g/mol. The SMILES string of the molecule is CCC(CN)CCC(C)NSC(C)(C)C. The van der Waals surface area contributed by atoms with E-state index in [2.05, 4.69) is 39.3 Å². The standard InChI is InChI=1S/C12H28N2S/c1-6-11(9-13)8-7-10(2)14-15-12(3,4)5/h10-11,14H,6-9,13H2,1-5H3. The Bertz CT molecular complexity index is 150. The van der Waals surface area contributed by atoms with Gasteiger partial charge in [-0.25, -0.2) is 0 Å². The molecule has 3 heteroatoms. The number of rotatable bonds is 7. The first-order chi connectivity index (χ1) is 6.89. The molecule has 2 nitrogen and oxygen atoms in total. The molecule has 0 aromatic rings. The van der Waals surface area contributed by atoms with Crippen LogP contribution in [-0.2, 0) is 0 Å². The lowest BCUT2D eigenvalue weighted by Crippen LogP contribution is -2.26. The Balaban J connectivity index is 3.61. The Morgan fingerprint density at radius 2 is 1.87 bits per heavy atom. The highest BCUT2D eigenvalue weighted by atomic mass is 32.2. The fourth-order valence-corrected chi connectivity index (χ4v) is 1.98. The van der Waals surface area contributed by atoms with Gasteiger partial charge in [0.2, 0.25) is 0 Å². The van der Waals surface area contributed by atoms with Gasteiger partial charge in [0.25, 0.3) is 0 Å². The summed E-state index contributed by atoms with van der Waals surface area (Å²) in [5, 5.41) is 0. The first kappa shape index (κ1) is 15.3. The molecule has 2 unspecified atom stereocenters. The van der Waals surface area contributed by atoms with Crippen LogP contribution in [-0.4, -0.2) is 17.3 Å². The molecular weight excluding hydrogens is 204 g/mol. The molecule has 0 aliphatic rings. The summed E-state index contributed by atoms with van der Waals surface area (Å²) >= 11 is 1.83. The van der Waals surface area contributed by atoms with Gasteiger partial charge < -0.3 is 5.73 Å². The van der Waals surface area contributed by atoms with E-state index < -0.39 is 0 Å². The maximum atomic E-state index is 5.69. The van der Waals surface area contributed by atoms with Crippen molar-refractivity contribution in [1.29, 1.82) is 0 Å². The predicted molar refractivity (Wildman–Crippen MR) is 72.0 cm³/mol. The van der Waals surface area contributed by atoms with Gasteiger partial charge in [-0.3, -0.25) is 4.72 Å². The number of nitrogens with two attached hydrogens (primary N) is 1. The molecule has 0 spiro atoms. The zero-order valence-corrected chi connectivity index (χ0v) is 11.8. The van der Waals surface area contributed by atoms with Crippen molar-refractivity contribution in [3.05, 3.63) is 0 Å². The van der Waals surface area contributed by atoms with Gasteiger partial charge in [0, 0.05) is 10.8 Å². The molecular formula is C12H28N2S. The summed E-state index contributed by atoms with van der Waals surface area (Å²) in [4.78, 5) is 0. The fraction of sp³-hybridized carbons (Fsp3) is 1.00. The van der Waals surface area contributed by atoms with Crippen molar-refractivity contribution in [3.63, 3.8) is 0 Å². The van der Waals surface area contributed by atoms with Crippen molar-refractivity contribution in [2.24, 2.45) is 11.7 Å². The predicted octanol–water partition coefficient (Wildman–Crippen LogP) is 3.18. The molecule has 0 aromatic carbocycles. The average Bonchev–Trinajstić information content (AvgIpc) is 2.15. The summed E-state index contributed by atoms with van der Waals surface area (Å²) in [7, 11) is 0. The molecule has 2 atom stereocenters. The second-order valence-corrected chi connectivity index (χ2v) is 6.99. The van der Waals surface area contributed by atoms with E-state index in [1.165, 1.54) is 19.3 Å². The summed E-state index contributed by atoms with van der Waals surface area (Å²) in [6, 6.07) is 0.579. The van der Waals surface area contributed by atoms with Gasteiger partial charge in [-0.2, -0.15) is 0 Å². The van der Waals surface area contributed by atoms with Gasteiger partial charge in [-0.05, 0) is 53.0 Å². The van der Waals surface area contributed by atoms with E-state index in [-0.39, 0.29) is 0 Å². The maximum Gasteiger partial charge on any atom is 0.0220 e. The van der Waals surface area contributed by atoms with Gasteiger partial charge in [-0.15, -0.1) is 0 Å². The van der Waals surface area contributed by atoms with E-state index in [9.17, 15) is 0 Å². The minimum Gasteiger partial charge on any atom is -0.330 e. The van der Waals surface area contributed by atoms with Crippen molar-refractivity contribution < 1.29 is 0 Å². The van der Waals surface area contributed by atoms with Crippen molar-refractivity contribution in [2.75, 3.05) is 6.54 Å². The lowest BCUT2D eigenvalue weighted by Gasteiger charge is -2.22. The third-order valence-corrected chi connectivity index (χ3v) is 3.62. The topological polar surface area (TPSA) is 38.0 Å². The number of hydrogen-bond acceptors (Lipinski definition) is 3. The third-order valence-electron chi connectivity index (χ3n) is 2.48. The summed E-state index contributed by atoms with van der Waals surface area (Å²) < 4.78 is 3.80. The summed E-state index contributed by atoms with van der Waals surface area (Å²) in [5.41, 5.74) is 5.69. The summed E-state index contributed by atoms with van der Waals surface area (Å²) in [6.45, 7) is 12.0. The van der Waals surface area contributed by atoms with E-state index in [0.717, 1.165) is 6.54 Å². The minimum absolute atomic E-state index is 0.298. The Morgan fingerprint density at radius 3 is 2.27 bits per heavy atom. The minimum atomic E-state index is 0.298. The van der Waals surface area contributed by atoms with E-state index in [0.29, 0.717) is 16.7 Å². The van der Waals surface area contributed by atoms with Crippen molar-refractivity contribution in [1.82, 2.24) is 4.72 Å². The largest absolute Gasteiger partial charge is 0.330 e. The Kier molecular flexibility index (Phi) is 7.66. The smallest absolute Gasteiger partial charge is 0.0220 e. The van der Waals surface area contributed by atoms with Gasteiger partial charge in [0.05, 0.1) is 0 Å². The average molecular weight is 232 g/mol. The van der Waals surface area contributed by atoms with Gasteiger partial charge in [0.15, 0.2) is 0 Å². The van der Waals surface area contributed by atoms with Gasteiger partial charge in [-0.1, -0.05) is 25.3 Å². The number of hydrogen-bond donors (Lipinski definition) is 2. The zero-order chi connectivity index (χ0) is 11.9. The molecule has 0 amide bonds. The first-order valence-electron chi connectivity index (χ1n) is 6.02. The van der Waals surface area contributed by atoms with Crippen LogP contribution in [0.3, 0.4) is 0 Å². The van der Waals surface area contributed by atoms with E-state index >= 15 is 0 Å². The molecule has 15 heavy (non-hydrogen) atoms. The van der Waals surface area contributed by atoms with Crippen LogP contribution in [0.25, 0.3) is 0 Å². The molecule has 0 saturated carbocycles. The van der Waals surface area contributed by atoms with Crippen molar-refractivity contribution in [2.45, 2.75) is 64.7 Å². The second kappa shape index (κ2) is 7.53. The van der Waals surface area contributed by atoms with Crippen LogP contribution >= 0.6 is 11.9 Å². The summed E-state index contributed by atoms with van der Waals surface area (Å²) in [5.74, 6) is 0.703. The second-order valence-electron chi connectivity index (χ2n) is 5.32. The van der Waals surface area contributed by atoms with E-state index in [4.69, 9.17) is 5.73 Å². The van der Waals surface area contributed by atoms with Crippen molar-refractivity contribution >= 4 is 11.9 Å². The molecule has 0 heterocycles.